The van der Waals surface area contributed by atoms with Gasteiger partial charge in [-0.25, -0.2) is 9.36 Å². The van der Waals surface area contributed by atoms with Crippen molar-refractivity contribution in [1.29, 1.82) is 0 Å². The maximum atomic E-state index is 5.11. The maximum Gasteiger partial charge on any atom is 0.0707 e. The van der Waals surface area contributed by atoms with Crippen molar-refractivity contribution < 1.29 is 0 Å². The Morgan fingerprint density at radius 3 is 1.19 bits per heavy atom. The number of benzene rings is 5. The molecule has 0 saturated heterocycles. The van der Waals surface area contributed by atoms with Crippen LogP contribution >= 0.6 is 0 Å². The van der Waals surface area contributed by atoms with Gasteiger partial charge in [-0.2, -0.15) is 10.2 Å². The highest BCUT2D eigenvalue weighted by molar-refractivity contribution is 5.81. The molecule has 4 heterocycles. The molecule has 0 bridgehead atoms. The molecule has 0 N–H and O–H groups in total. The molecule has 0 amide bonds. The van der Waals surface area contributed by atoms with E-state index in [9.17, 15) is 0 Å². The number of anilines is 3. The highest BCUT2D eigenvalue weighted by Crippen LogP contribution is 2.55. The van der Waals surface area contributed by atoms with Crippen LogP contribution in [0.5, 0.6) is 0 Å². The van der Waals surface area contributed by atoms with Gasteiger partial charge < -0.3 is 4.90 Å². The fourth-order valence-corrected chi connectivity index (χ4v) is 8.94. The first-order chi connectivity index (χ1) is 25.3. The number of aromatic nitrogens is 4. The van der Waals surface area contributed by atoms with E-state index in [4.69, 9.17) is 10.2 Å². The van der Waals surface area contributed by atoms with Crippen LogP contribution in [0.4, 0.5) is 17.1 Å². The maximum absolute atomic E-state index is 5.11. The van der Waals surface area contributed by atoms with Crippen molar-refractivity contribution in [2.75, 3.05) is 4.90 Å². The molecule has 2 aliphatic heterocycles. The summed E-state index contributed by atoms with van der Waals surface area (Å²) < 4.78 is 4.41. The molecule has 264 valence electrons. The number of rotatable bonds is 5. The van der Waals surface area contributed by atoms with Gasteiger partial charge in [-0.15, -0.1) is 0 Å². The monoisotopic (exact) mass is 693 g/mol. The lowest BCUT2D eigenvalue weighted by atomic mass is 9.59. The van der Waals surface area contributed by atoms with Gasteiger partial charge in [0, 0.05) is 49.8 Å². The molecule has 0 radical (unpaired) electrons. The summed E-state index contributed by atoms with van der Waals surface area (Å²) >= 11 is 0. The van der Waals surface area contributed by atoms with Gasteiger partial charge in [-0.05, 0) is 58.7 Å². The molecule has 5 heteroatoms. The van der Waals surface area contributed by atoms with Crippen molar-refractivity contribution >= 4 is 17.1 Å². The Balaban J connectivity index is 1.25. The fraction of sp³-hybridized carbons (Fsp3) is 0.250. The Hall–Kier alpha value is -5.68. The number of para-hydroxylation sites is 1. The lowest BCUT2D eigenvalue weighted by Crippen LogP contribution is -2.46. The van der Waals surface area contributed by atoms with Gasteiger partial charge in [0.25, 0.3) is 0 Å². The van der Waals surface area contributed by atoms with Crippen LogP contribution in [-0.2, 0) is 21.7 Å². The van der Waals surface area contributed by atoms with Gasteiger partial charge in [0.05, 0.1) is 35.2 Å². The molecule has 0 atom stereocenters. The molecule has 0 aliphatic carbocycles. The standard InChI is InChI=1S/C48H47N5/c1-45(2)39-26-24-35(28-41(39)52-43(47(45,5)6)37(30-49-52)32-18-12-9-13-19-32)51(34-22-16-11-17-23-34)36-25-27-40-42(29-36)53-44(48(7,8)46(40,3)4)38(31-50-53)33-20-14-10-15-21-33/h9-31H,1-8H3. The first-order valence-electron chi connectivity index (χ1n) is 18.8. The van der Waals surface area contributed by atoms with E-state index < -0.39 is 0 Å². The average molecular weight is 694 g/mol. The highest BCUT2D eigenvalue weighted by Gasteiger charge is 2.50. The summed E-state index contributed by atoms with van der Waals surface area (Å²) in [5, 5.41) is 10.2. The van der Waals surface area contributed by atoms with E-state index in [1.165, 1.54) is 44.8 Å². The molecule has 7 aromatic rings. The van der Waals surface area contributed by atoms with Crippen LogP contribution in [0.25, 0.3) is 33.6 Å². The van der Waals surface area contributed by atoms with Crippen LogP contribution in [0, 0.1) is 0 Å². The summed E-state index contributed by atoms with van der Waals surface area (Å²) in [6.45, 7) is 19.0. The van der Waals surface area contributed by atoms with Crippen LogP contribution in [0.2, 0.25) is 0 Å². The summed E-state index contributed by atoms with van der Waals surface area (Å²) in [6.07, 6.45) is 4.11. The quantitative estimate of drug-likeness (QED) is 0.180. The molecule has 0 spiro atoms. The highest BCUT2D eigenvalue weighted by atomic mass is 15.3. The summed E-state index contributed by atoms with van der Waals surface area (Å²) in [5.41, 5.74) is 14.6. The Labute approximate surface area is 313 Å². The van der Waals surface area contributed by atoms with E-state index in [2.05, 4.69) is 209 Å². The first-order valence-corrected chi connectivity index (χ1v) is 18.8. The van der Waals surface area contributed by atoms with Crippen molar-refractivity contribution in [2.45, 2.75) is 77.0 Å². The second-order valence-electron chi connectivity index (χ2n) is 16.9. The van der Waals surface area contributed by atoms with Crippen LogP contribution in [0.1, 0.15) is 77.9 Å². The van der Waals surface area contributed by atoms with E-state index in [0.717, 1.165) is 28.4 Å². The smallest absolute Gasteiger partial charge is 0.0707 e. The molecular formula is C48H47N5. The van der Waals surface area contributed by atoms with Gasteiger partial charge in [-0.3, -0.25) is 0 Å². The average Bonchev–Trinajstić information content (AvgIpc) is 3.82. The predicted octanol–water partition coefficient (Wildman–Crippen LogP) is 12.0. The van der Waals surface area contributed by atoms with E-state index in [1.54, 1.807) is 0 Å². The van der Waals surface area contributed by atoms with Crippen LogP contribution in [0.3, 0.4) is 0 Å². The summed E-state index contributed by atoms with van der Waals surface area (Å²) in [5.74, 6) is 0. The van der Waals surface area contributed by atoms with E-state index in [0.29, 0.717) is 0 Å². The molecule has 0 saturated carbocycles. The molecule has 0 unspecified atom stereocenters. The van der Waals surface area contributed by atoms with Gasteiger partial charge in [0.2, 0.25) is 0 Å². The molecule has 2 aliphatic rings. The Morgan fingerprint density at radius 2 is 0.792 bits per heavy atom. The number of hydrogen-bond acceptors (Lipinski definition) is 3. The minimum absolute atomic E-state index is 0.158. The van der Waals surface area contributed by atoms with E-state index >= 15 is 0 Å². The number of nitrogens with zero attached hydrogens (tertiary/aromatic N) is 5. The summed E-state index contributed by atoms with van der Waals surface area (Å²) in [7, 11) is 0. The van der Waals surface area contributed by atoms with Crippen molar-refractivity contribution in [3.8, 4) is 33.6 Å². The molecular weight excluding hydrogens is 647 g/mol. The summed E-state index contributed by atoms with van der Waals surface area (Å²) in [4.78, 5) is 2.38. The lowest BCUT2D eigenvalue weighted by Gasteiger charge is -2.48. The molecule has 0 fully saturated rings. The third-order valence-corrected chi connectivity index (χ3v) is 13.3. The summed E-state index contributed by atoms with van der Waals surface area (Å²) in [6, 6.07) is 46.0. The largest absolute Gasteiger partial charge is 0.310 e. The van der Waals surface area contributed by atoms with Crippen molar-refractivity contribution in [3.63, 3.8) is 0 Å². The van der Waals surface area contributed by atoms with Crippen molar-refractivity contribution in [1.82, 2.24) is 19.6 Å². The van der Waals surface area contributed by atoms with Crippen LogP contribution in [-0.4, -0.2) is 19.6 Å². The minimum Gasteiger partial charge on any atom is -0.310 e. The first kappa shape index (κ1) is 33.2. The molecule has 9 rings (SSSR count). The van der Waals surface area contributed by atoms with Gasteiger partial charge in [0.15, 0.2) is 0 Å². The molecule has 5 nitrogen and oxygen atoms in total. The molecule has 5 aromatic carbocycles. The van der Waals surface area contributed by atoms with Gasteiger partial charge in [0.1, 0.15) is 0 Å². The van der Waals surface area contributed by atoms with Crippen LogP contribution < -0.4 is 4.90 Å². The van der Waals surface area contributed by atoms with Gasteiger partial charge >= 0.3 is 0 Å². The van der Waals surface area contributed by atoms with Gasteiger partial charge in [-0.1, -0.05) is 146 Å². The SMILES string of the molecule is CC1(C)c2ccc(N(c3ccccc3)c3ccc4c(c3)-n3ncc(-c5ccccc5)c3C(C)(C)C4(C)C)cc2-n2ncc(-c3ccccc3)c2C1(C)C. The molecule has 53 heavy (non-hydrogen) atoms. The topological polar surface area (TPSA) is 38.9 Å². The Morgan fingerprint density at radius 1 is 0.415 bits per heavy atom. The fourth-order valence-electron chi connectivity index (χ4n) is 8.94. The zero-order valence-corrected chi connectivity index (χ0v) is 32.0. The number of hydrogen-bond donors (Lipinski definition) is 0. The minimum atomic E-state index is -0.179. The Kier molecular flexibility index (Phi) is 7.14. The normalized spacial score (nSPS) is 16.9. The second kappa shape index (κ2) is 11.4. The van der Waals surface area contributed by atoms with Crippen molar-refractivity contribution in [3.05, 3.63) is 162 Å². The van der Waals surface area contributed by atoms with E-state index in [1.807, 2.05) is 0 Å². The van der Waals surface area contributed by atoms with Crippen molar-refractivity contribution in [2.24, 2.45) is 0 Å². The number of fused-ring (bicyclic) bond motifs is 6. The third-order valence-electron chi connectivity index (χ3n) is 13.3. The second-order valence-corrected chi connectivity index (χ2v) is 16.9. The zero-order valence-electron chi connectivity index (χ0n) is 32.0. The third kappa shape index (κ3) is 4.62. The zero-order chi connectivity index (χ0) is 36.9. The molecule has 2 aromatic heterocycles. The van der Waals surface area contributed by atoms with E-state index in [-0.39, 0.29) is 21.7 Å². The lowest BCUT2D eigenvalue weighted by molar-refractivity contribution is 0.276. The van der Waals surface area contributed by atoms with Crippen LogP contribution in [0.15, 0.2) is 140 Å². The Bertz CT molecular complexity index is 2340. The predicted molar refractivity (Wildman–Crippen MR) is 218 cm³/mol.